The molecule has 0 N–H and O–H groups in total. The summed E-state index contributed by atoms with van der Waals surface area (Å²) in [5, 5.41) is 0.553. The van der Waals surface area contributed by atoms with Gasteiger partial charge in [0.05, 0.1) is 41.5 Å². The minimum Gasteiger partial charge on any atom is -0.497 e. The Balaban J connectivity index is 1.64. The number of thiazole rings is 1. The van der Waals surface area contributed by atoms with E-state index in [9.17, 15) is 13.2 Å². The molecule has 0 aliphatic rings. The molecule has 0 atom stereocenters. The average Bonchev–Trinajstić information content (AvgIpc) is 3.40. The fraction of sp³-hybridized carbons (Fsp3) is 0.182. The summed E-state index contributed by atoms with van der Waals surface area (Å²) in [6.45, 7) is 0.240. The number of fused-ring (bicyclic) bond motifs is 1. The van der Waals surface area contributed by atoms with E-state index in [-0.39, 0.29) is 23.8 Å². The van der Waals surface area contributed by atoms with E-state index in [1.54, 1.807) is 42.5 Å². The van der Waals surface area contributed by atoms with Crippen LogP contribution in [0.3, 0.4) is 0 Å². The first-order valence-corrected chi connectivity index (χ1v) is 12.1. The van der Waals surface area contributed by atoms with Crippen LogP contribution in [-0.4, -0.2) is 32.7 Å². The number of aromatic nitrogens is 1. The van der Waals surface area contributed by atoms with Crippen LogP contribution in [0.15, 0.2) is 70.2 Å². The minimum absolute atomic E-state index is 0.101. The van der Waals surface area contributed by atoms with Crippen molar-refractivity contribution in [3.8, 4) is 5.75 Å². The Hall–Kier alpha value is -3.17. The molecule has 1 amide bonds. The maximum absolute atomic E-state index is 13.2. The zero-order valence-corrected chi connectivity index (χ0v) is 18.6. The maximum atomic E-state index is 13.2. The molecule has 4 rings (SSSR count). The third-order valence-electron chi connectivity index (χ3n) is 4.72. The summed E-state index contributed by atoms with van der Waals surface area (Å²) in [5.41, 5.74) is 1.49. The second kappa shape index (κ2) is 8.52. The standard InChI is InChI=1S/C22H20N2O5S2/c1-28-16-7-10-19-20(13-16)30-22(23-19)24(14-17-4-3-11-29-17)21(25)12-15-5-8-18(9-6-15)31(2,26)27/h3-11,13H,12,14H2,1-2H3. The first-order valence-electron chi connectivity index (χ1n) is 9.40. The zero-order chi connectivity index (χ0) is 22.0. The molecule has 0 saturated carbocycles. The molecule has 7 nitrogen and oxygen atoms in total. The number of hydrogen-bond acceptors (Lipinski definition) is 7. The van der Waals surface area contributed by atoms with Crippen LogP contribution in [0.4, 0.5) is 5.13 Å². The normalized spacial score (nSPS) is 11.5. The van der Waals surface area contributed by atoms with Crippen molar-refractivity contribution >= 4 is 42.4 Å². The van der Waals surface area contributed by atoms with Gasteiger partial charge in [-0.1, -0.05) is 23.5 Å². The van der Waals surface area contributed by atoms with Crippen LogP contribution in [0, 0.1) is 0 Å². The van der Waals surface area contributed by atoms with Gasteiger partial charge in [0, 0.05) is 6.26 Å². The number of carbonyl (C=O) groups is 1. The summed E-state index contributed by atoms with van der Waals surface area (Å²) >= 11 is 1.39. The number of hydrogen-bond donors (Lipinski definition) is 0. The molecule has 0 saturated heterocycles. The van der Waals surface area contributed by atoms with E-state index < -0.39 is 9.84 Å². The second-order valence-electron chi connectivity index (χ2n) is 6.98. The highest BCUT2D eigenvalue weighted by atomic mass is 32.2. The molecule has 4 aromatic rings. The van der Waals surface area contributed by atoms with Crippen molar-refractivity contribution < 1.29 is 22.4 Å². The van der Waals surface area contributed by atoms with Crippen LogP contribution in [0.5, 0.6) is 5.75 Å². The number of rotatable bonds is 7. The number of methoxy groups -OCH3 is 1. The number of amides is 1. The number of nitrogens with zero attached hydrogens (tertiary/aromatic N) is 2. The van der Waals surface area contributed by atoms with Gasteiger partial charge in [0.25, 0.3) is 0 Å². The molecule has 2 heterocycles. The number of sulfone groups is 1. The molecule has 0 aliphatic carbocycles. The number of ether oxygens (including phenoxy) is 1. The van der Waals surface area contributed by atoms with E-state index >= 15 is 0 Å². The first-order chi connectivity index (χ1) is 14.8. The van der Waals surface area contributed by atoms with Gasteiger partial charge in [0.1, 0.15) is 11.5 Å². The van der Waals surface area contributed by atoms with Gasteiger partial charge in [-0.05, 0) is 48.0 Å². The Morgan fingerprint density at radius 2 is 1.94 bits per heavy atom. The van der Waals surface area contributed by atoms with Crippen LogP contribution >= 0.6 is 11.3 Å². The van der Waals surface area contributed by atoms with E-state index in [0.717, 1.165) is 22.2 Å². The van der Waals surface area contributed by atoms with Crippen molar-refractivity contribution in [1.29, 1.82) is 0 Å². The number of anilines is 1. The zero-order valence-electron chi connectivity index (χ0n) is 16.9. The van der Waals surface area contributed by atoms with Gasteiger partial charge in [0.15, 0.2) is 15.0 Å². The van der Waals surface area contributed by atoms with Crippen LogP contribution in [0.1, 0.15) is 11.3 Å². The van der Waals surface area contributed by atoms with E-state index in [0.29, 0.717) is 16.5 Å². The van der Waals surface area contributed by atoms with Gasteiger partial charge < -0.3 is 9.15 Å². The first kappa shape index (κ1) is 21.1. The number of furan rings is 1. The van der Waals surface area contributed by atoms with E-state index in [1.165, 1.54) is 23.5 Å². The van der Waals surface area contributed by atoms with Crippen LogP contribution < -0.4 is 9.64 Å². The number of carbonyl (C=O) groups excluding carboxylic acids is 1. The molecule has 0 spiro atoms. The fourth-order valence-electron chi connectivity index (χ4n) is 3.08. The Morgan fingerprint density at radius 1 is 1.16 bits per heavy atom. The summed E-state index contributed by atoms with van der Waals surface area (Å²) in [4.78, 5) is 19.7. The number of benzene rings is 2. The summed E-state index contributed by atoms with van der Waals surface area (Å²) in [7, 11) is -1.69. The summed E-state index contributed by atoms with van der Waals surface area (Å²) in [6, 6.07) is 15.5. The molecule has 2 aromatic carbocycles. The lowest BCUT2D eigenvalue weighted by molar-refractivity contribution is -0.118. The lowest BCUT2D eigenvalue weighted by Gasteiger charge is -2.19. The molecule has 0 bridgehead atoms. The van der Waals surface area contributed by atoms with Gasteiger partial charge in [-0.3, -0.25) is 9.69 Å². The molecule has 0 aliphatic heterocycles. The van der Waals surface area contributed by atoms with Crippen molar-refractivity contribution in [3.05, 3.63) is 72.2 Å². The van der Waals surface area contributed by atoms with Crippen molar-refractivity contribution in [2.75, 3.05) is 18.3 Å². The van der Waals surface area contributed by atoms with Crippen LogP contribution in [0.2, 0.25) is 0 Å². The maximum Gasteiger partial charge on any atom is 0.233 e. The minimum atomic E-state index is -3.29. The molecule has 0 fully saturated rings. The molecular formula is C22H20N2O5S2. The van der Waals surface area contributed by atoms with Gasteiger partial charge in [-0.25, -0.2) is 13.4 Å². The largest absolute Gasteiger partial charge is 0.497 e. The van der Waals surface area contributed by atoms with Gasteiger partial charge >= 0.3 is 0 Å². The molecule has 0 unspecified atom stereocenters. The highest BCUT2D eigenvalue weighted by molar-refractivity contribution is 7.90. The summed E-state index contributed by atoms with van der Waals surface area (Å²) in [5.74, 6) is 1.18. The lowest BCUT2D eigenvalue weighted by atomic mass is 10.1. The molecule has 31 heavy (non-hydrogen) atoms. The van der Waals surface area contributed by atoms with Crippen molar-refractivity contribution in [2.45, 2.75) is 17.9 Å². The quantitative estimate of drug-likeness (QED) is 0.416. The fourth-order valence-corrected chi connectivity index (χ4v) is 4.72. The Kier molecular flexibility index (Phi) is 5.79. The van der Waals surface area contributed by atoms with Crippen molar-refractivity contribution in [1.82, 2.24) is 4.98 Å². The molecule has 9 heteroatoms. The van der Waals surface area contributed by atoms with Crippen LogP contribution in [-0.2, 0) is 27.6 Å². The Bertz CT molecular complexity index is 1310. The molecular weight excluding hydrogens is 436 g/mol. The second-order valence-corrected chi connectivity index (χ2v) is 10.0. The van der Waals surface area contributed by atoms with Crippen LogP contribution in [0.25, 0.3) is 10.2 Å². The van der Waals surface area contributed by atoms with E-state index in [1.807, 2.05) is 18.2 Å². The SMILES string of the molecule is COc1ccc2nc(N(Cc3ccco3)C(=O)Cc3ccc(S(C)(=O)=O)cc3)sc2c1. The highest BCUT2D eigenvalue weighted by Gasteiger charge is 2.22. The van der Waals surface area contributed by atoms with Gasteiger partial charge in [-0.15, -0.1) is 0 Å². The molecule has 160 valence electrons. The van der Waals surface area contributed by atoms with Gasteiger partial charge in [0.2, 0.25) is 5.91 Å². The predicted octanol–water partition coefficient (Wildman–Crippen LogP) is 4.08. The summed E-state index contributed by atoms with van der Waals surface area (Å²) < 4.78 is 35.0. The molecule has 0 radical (unpaired) electrons. The Labute approximate surface area is 183 Å². The topological polar surface area (TPSA) is 89.7 Å². The van der Waals surface area contributed by atoms with Gasteiger partial charge in [-0.2, -0.15) is 0 Å². The third kappa shape index (κ3) is 4.78. The average molecular weight is 457 g/mol. The van der Waals surface area contributed by atoms with E-state index in [4.69, 9.17) is 9.15 Å². The van der Waals surface area contributed by atoms with E-state index in [2.05, 4.69) is 4.98 Å². The Morgan fingerprint density at radius 3 is 2.58 bits per heavy atom. The van der Waals surface area contributed by atoms with Crippen molar-refractivity contribution in [2.24, 2.45) is 0 Å². The third-order valence-corrected chi connectivity index (χ3v) is 6.89. The smallest absolute Gasteiger partial charge is 0.233 e. The monoisotopic (exact) mass is 456 g/mol. The van der Waals surface area contributed by atoms with Crippen molar-refractivity contribution in [3.63, 3.8) is 0 Å². The summed E-state index contributed by atoms with van der Waals surface area (Å²) in [6.07, 6.45) is 2.81. The lowest BCUT2D eigenvalue weighted by Crippen LogP contribution is -2.31. The predicted molar refractivity (Wildman–Crippen MR) is 119 cm³/mol. The highest BCUT2D eigenvalue weighted by Crippen LogP contribution is 2.32. The molecule has 2 aromatic heterocycles.